The molecule has 1 heterocycles. The summed E-state index contributed by atoms with van der Waals surface area (Å²) in [4.78, 5) is 4.10. The first kappa shape index (κ1) is 12.8. The number of rotatable bonds is 3. The molecule has 0 radical (unpaired) electrons. The van der Waals surface area contributed by atoms with Crippen molar-refractivity contribution in [2.24, 2.45) is 0 Å². The molecule has 0 fully saturated rings. The summed E-state index contributed by atoms with van der Waals surface area (Å²) in [5.41, 5.74) is 6.88. The highest BCUT2D eigenvalue weighted by Crippen LogP contribution is 2.29. The number of hydrogen-bond acceptors (Lipinski definition) is 4. The molecule has 6 heteroatoms. The predicted molar refractivity (Wildman–Crippen MR) is 74.9 cm³/mol. The maximum Gasteiger partial charge on any atom is 0.134 e. The number of nitrogens with two attached hydrogens (primary N) is 1. The van der Waals surface area contributed by atoms with E-state index < -0.39 is 0 Å². The second-order valence-corrected chi connectivity index (χ2v) is 4.37. The molecule has 94 valence electrons. The van der Waals surface area contributed by atoms with E-state index in [9.17, 15) is 0 Å². The fourth-order valence-electron chi connectivity index (χ4n) is 1.45. The summed E-state index contributed by atoms with van der Waals surface area (Å²) in [6.45, 7) is 0. The van der Waals surface area contributed by atoms with Crippen molar-refractivity contribution in [2.45, 2.75) is 0 Å². The molecule has 0 bridgehead atoms. The standard InChI is InChI=1S/C12H11Cl2N3O/c1-18-8-2-3-9(13)10(6-8)16-12-5-7(15)4-11(14)17-12/h2-6H,1H3,(H3,15,16,17). The highest BCUT2D eigenvalue weighted by molar-refractivity contribution is 6.33. The molecule has 2 rings (SSSR count). The molecule has 18 heavy (non-hydrogen) atoms. The lowest BCUT2D eigenvalue weighted by Gasteiger charge is -2.10. The number of methoxy groups -OCH3 is 1. The van der Waals surface area contributed by atoms with Crippen LogP contribution in [0.15, 0.2) is 30.3 Å². The van der Waals surface area contributed by atoms with Crippen molar-refractivity contribution in [1.29, 1.82) is 0 Å². The van der Waals surface area contributed by atoms with Crippen LogP contribution in [0.5, 0.6) is 5.75 Å². The van der Waals surface area contributed by atoms with Crippen molar-refractivity contribution < 1.29 is 4.74 Å². The lowest BCUT2D eigenvalue weighted by molar-refractivity contribution is 0.415. The molecule has 0 atom stereocenters. The van der Waals surface area contributed by atoms with Gasteiger partial charge < -0.3 is 15.8 Å². The first-order valence-electron chi connectivity index (χ1n) is 5.12. The van der Waals surface area contributed by atoms with Crippen LogP contribution in [0.4, 0.5) is 17.2 Å². The van der Waals surface area contributed by atoms with Crippen LogP contribution in [-0.4, -0.2) is 12.1 Å². The van der Waals surface area contributed by atoms with Gasteiger partial charge in [-0.25, -0.2) is 4.98 Å². The summed E-state index contributed by atoms with van der Waals surface area (Å²) < 4.78 is 5.13. The zero-order chi connectivity index (χ0) is 13.1. The first-order chi connectivity index (χ1) is 8.58. The van der Waals surface area contributed by atoms with Crippen molar-refractivity contribution in [3.63, 3.8) is 0 Å². The highest BCUT2D eigenvalue weighted by atomic mass is 35.5. The lowest BCUT2D eigenvalue weighted by Crippen LogP contribution is -1.97. The van der Waals surface area contributed by atoms with E-state index >= 15 is 0 Å². The molecular formula is C12H11Cl2N3O. The third-order valence-corrected chi connectivity index (χ3v) is 2.78. The Morgan fingerprint density at radius 3 is 2.67 bits per heavy atom. The number of ether oxygens (including phenoxy) is 1. The van der Waals surface area contributed by atoms with Gasteiger partial charge in [0.2, 0.25) is 0 Å². The Bertz CT molecular complexity index is 555. The van der Waals surface area contributed by atoms with Crippen LogP contribution in [0.1, 0.15) is 0 Å². The van der Waals surface area contributed by atoms with E-state index in [4.69, 9.17) is 33.7 Å². The van der Waals surface area contributed by atoms with Gasteiger partial charge >= 0.3 is 0 Å². The van der Waals surface area contributed by atoms with Crippen molar-refractivity contribution in [3.05, 3.63) is 40.5 Å². The summed E-state index contributed by atoms with van der Waals surface area (Å²) in [5, 5.41) is 3.91. The Morgan fingerprint density at radius 1 is 1.22 bits per heavy atom. The summed E-state index contributed by atoms with van der Waals surface area (Å²) in [5.74, 6) is 1.21. The Hall–Kier alpha value is -1.65. The summed E-state index contributed by atoms with van der Waals surface area (Å²) >= 11 is 11.9. The number of halogens is 2. The van der Waals surface area contributed by atoms with E-state index in [2.05, 4.69) is 10.3 Å². The van der Waals surface area contributed by atoms with Crippen LogP contribution in [-0.2, 0) is 0 Å². The Balaban J connectivity index is 2.33. The molecule has 2 aromatic rings. The maximum atomic E-state index is 6.07. The molecule has 0 aliphatic heterocycles. The quantitative estimate of drug-likeness (QED) is 0.843. The minimum atomic E-state index is 0.316. The van der Waals surface area contributed by atoms with E-state index in [-0.39, 0.29) is 0 Å². The largest absolute Gasteiger partial charge is 0.497 e. The molecule has 1 aromatic carbocycles. The van der Waals surface area contributed by atoms with Gasteiger partial charge in [-0.15, -0.1) is 0 Å². The summed E-state index contributed by atoms with van der Waals surface area (Å²) in [6.07, 6.45) is 0. The van der Waals surface area contributed by atoms with Crippen LogP contribution < -0.4 is 15.8 Å². The van der Waals surface area contributed by atoms with Gasteiger partial charge in [0.15, 0.2) is 0 Å². The number of nitrogens with zero attached hydrogens (tertiary/aromatic N) is 1. The van der Waals surface area contributed by atoms with Crippen LogP contribution in [0.25, 0.3) is 0 Å². The van der Waals surface area contributed by atoms with Crippen LogP contribution in [0, 0.1) is 0 Å². The number of nitrogens with one attached hydrogen (secondary N) is 1. The van der Waals surface area contributed by atoms with Gasteiger partial charge in [0.05, 0.1) is 17.8 Å². The average molecular weight is 284 g/mol. The monoisotopic (exact) mass is 283 g/mol. The average Bonchev–Trinajstić information content (AvgIpc) is 2.30. The Labute approximate surface area is 115 Å². The van der Waals surface area contributed by atoms with Crippen LogP contribution in [0.2, 0.25) is 10.2 Å². The van der Waals surface area contributed by atoms with E-state index in [1.165, 1.54) is 0 Å². The highest BCUT2D eigenvalue weighted by Gasteiger charge is 2.05. The molecule has 0 aliphatic rings. The van der Waals surface area contributed by atoms with Crippen molar-refractivity contribution >= 4 is 40.4 Å². The smallest absolute Gasteiger partial charge is 0.134 e. The number of benzene rings is 1. The fourth-order valence-corrected chi connectivity index (χ4v) is 1.83. The van der Waals surface area contributed by atoms with Crippen molar-refractivity contribution in [3.8, 4) is 5.75 Å². The molecule has 0 saturated heterocycles. The third-order valence-electron chi connectivity index (χ3n) is 2.25. The second-order valence-electron chi connectivity index (χ2n) is 3.58. The number of pyridine rings is 1. The fraction of sp³-hybridized carbons (Fsp3) is 0.0833. The topological polar surface area (TPSA) is 60.2 Å². The molecule has 3 N–H and O–H groups in total. The first-order valence-corrected chi connectivity index (χ1v) is 5.87. The minimum Gasteiger partial charge on any atom is -0.497 e. The molecule has 0 unspecified atom stereocenters. The number of nitrogen functional groups attached to an aromatic ring is 1. The minimum absolute atomic E-state index is 0.316. The SMILES string of the molecule is COc1ccc(Cl)c(Nc2cc(N)cc(Cl)n2)c1. The van der Waals surface area contributed by atoms with Crippen LogP contribution in [0.3, 0.4) is 0 Å². The maximum absolute atomic E-state index is 6.07. The number of aromatic nitrogens is 1. The second kappa shape index (κ2) is 5.33. The van der Waals surface area contributed by atoms with E-state index in [0.29, 0.717) is 33.1 Å². The van der Waals surface area contributed by atoms with E-state index in [1.54, 1.807) is 37.4 Å². The molecule has 1 aromatic heterocycles. The zero-order valence-electron chi connectivity index (χ0n) is 9.58. The van der Waals surface area contributed by atoms with Gasteiger partial charge in [0, 0.05) is 17.8 Å². The number of anilines is 3. The Morgan fingerprint density at radius 2 is 2.00 bits per heavy atom. The van der Waals surface area contributed by atoms with Crippen molar-refractivity contribution in [2.75, 3.05) is 18.2 Å². The van der Waals surface area contributed by atoms with Gasteiger partial charge in [-0.2, -0.15) is 0 Å². The normalized spacial score (nSPS) is 10.2. The van der Waals surface area contributed by atoms with E-state index in [1.807, 2.05) is 0 Å². The molecular weight excluding hydrogens is 273 g/mol. The lowest BCUT2D eigenvalue weighted by atomic mass is 10.3. The van der Waals surface area contributed by atoms with Gasteiger partial charge in [-0.1, -0.05) is 23.2 Å². The number of hydrogen-bond donors (Lipinski definition) is 2. The van der Waals surface area contributed by atoms with Gasteiger partial charge in [0.25, 0.3) is 0 Å². The predicted octanol–water partition coefficient (Wildman–Crippen LogP) is 3.72. The molecule has 0 spiro atoms. The Kier molecular flexibility index (Phi) is 3.79. The van der Waals surface area contributed by atoms with Crippen molar-refractivity contribution in [1.82, 2.24) is 4.98 Å². The summed E-state index contributed by atoms with van der Waals surface area (Å²) in [6, 6.07) is 8.51. The zero-order valence-corrected chi connectivity index (χ0v) is 11.1. The summed E-state index contributed by atoms with van der Waals surface area (Å²) in [7, 11) is 1.59. The van der Waals surface area contributed by atoms with Gasteiger partial charge in [-0.05, 0) is 18.2 Å². The molecule has 0 amide bonds. The van der Waals surface area contributed by atoms with Gasteiger partial charge in [0.1, 0.15) is 16.7 Å². The molecule has 0 aliphatic carbocycles. The third kappa shape index (κ3) is 2.97. The molecule has 4 nitrogen and oxygen atoms in total. The van der Waals surface area contributed by atoms with Crippen LogP contribution >= 0.6 is 23.2 Å². The van der Waals surface area contributed by atoms with E-state index in [0.717, 1.165) is 0 Å². The van der Waals surface area contributed by atoms with Gasteiger partial charge in [-0.3, -0.25) is 0 Å². The molecule has 0 saturated carbocycles.